The lowest BCUT2D eigenvalue weighted by atomic mass is 9.99. The van der Waals surface area contributed by atoms with Crippen molar-refractivity contribution < 1.29 is 14.3 Å². The fourth-order valence-corrected chi connectivity index (χ4v) is 3.44. The summed E-state index contributed by atoms with van der Waals surface area (Å²) in [6.07, 6.45) is 1.43. The van der Waals surface area contributed by atoms with E-state index in [2.05, 4.69) is 20.6 Å². The molecule has 0 saturated carbocycles. The Balaban J connectivity index is 1.79. The number of hydrogen-bond donors (Lipinski definition) is 2. The molecule has 1 aliphatic rings. The van der Waals surface area contributed by atoms with Crippen molar-refractivity contribution in [3.05, 3.63) is 28.2 Å². The minimum atomic E-state index is -0.202. The van der Waals surface area contributed by atoms with Crippen LogP contribution in [0.3, 0.4) is 0 Å². The van der Waals surface area contributed by atoms with Gasteiger partial charge in [-0.2, -0.15) is 10.2 Å². The summed E-state index contributed by atoms with van der Waals surface area (Å²) in [5, 5.41) is 14.5. The molecule has 0 saturated heterocycles. The highest BCUT2D eigenvalue weighted by Gasteiger charge is 2.29. The molecule has 0 aromatic carbocycles. The maximum atomic E-state index is 12.7. The summed E-state index contributed by atoms with van der Waals surface area (Å²) in [7, 11) is 3.44. The maximum absolute atomic E-state index is 12.7. The second-order valence-electron chi connectivity index (χ2n) is 6.35. The third kappa shape index (κ3) is 3.13. The van der Waals surface area contributed by atoms with Crippen molar-refractivity contribution in [1.29, 1.82) is 0 Å². The number of carbonyl (C=O) groups is 1. The number of H-pyrrole nitrogens is 1. The number of aromatic amines is 1. The van der Waals surface area contributed by atoms with Crippen LogP contribution in [-0.2, 0) is 31.2 Å². The lowest BCUT2D eigenvalue weighted by Gasteiger charge is -2.25. The van der Waals surface area contributed by atoms with Crippen LogP contribution in [0.25, 0.3) is 0 Å². The van der Waals surface area contributed by atoms with Crippen molar-refractivity contribution in [3.8, 4) is 5.88 Å². The van der Waals surface area contributed by atoms with E-state index >= 15 is 0 Å². The second-order valence-corrected chi connectivity index (χ2v) is 6.35. The third-order valence-electron chi connectivity index (χ3n) is 4.57. The van der Waals surface area contributed by atoms with Crippen LogP contribution in [0.1, 0.15) is 59.9 Å². The van der Waals surface area contributed by atoms with Gasteiger partial charge in [0.2, 0.25) is 5.88 Å². The third-order valence-corrected chi connectivity index (χ3v) is 4.57. The first kappa shape index (κ1) is 17.5. The molecule has 8 nitrogen and oxygen atoms in total. The lowest BCUT2D eigenvalue weighted by molar-refractivity contribution is -0.00697. The summed E-state index contributed by atoms with van der Waals surface area (Å²) in [5.74, 6) is 0.462. The van der Waals surface area contributed by atoms with Gasteiger partial charge in [0.15, 0.2) is 5.69 Å². The number of carbonyl (C=O) groups excluding carboxylic acids is 1. The molecule has 1 aliphatic heterocycles. The number of rotatable bonds is 5. The van der Waals surface area contributed by atoms with Crippen LogP contribution in [0.4, 0.5) is 0 Å². The van der Waals surface area contributed by atoms with Gasteiger partial charge < -0.3 is 14.8 Å². The van der Waals surface area contributed by atoms with Crippen LogP contribution in [0.5, 0.6) is 5.88 Å². The Bertz CT molecular complexity index is 780. The van der Waals surface area contributed by atoms with Gasteiger partial charge in [0.05, 0.1) is 42.8 Å². The van der Waals surface area contributed by atoms with Crippen LogP contribution < -0.4 is 10.1 Å². The van der Waals surface area contributed by atoms with Gasteiger partial charge in [-0.05, 0) is 20.3 Å². The molecule has 0 spiro atoms. The van der Waals surface area contributed by atoms with Gasteiger partial charge in [-0.25, -0.2) is 4.68 Å². The van der Waals surface area contributed by atoms with Gasteiger partial charge in [-0.1, -0.05) is 6.92 Å². The molecule has 136 valence electrons. The van der Waals surface area contributed by atoms with E-state index < -0.39 is 0 Å². The number of aryl methyl sites for hydroxylation is 2. The van der Waals surface area contributed by atoms with Crippen molar-refractivity contribution in [1.82, 2.24) is 25.3 Å². The lowest BCUT2D eigenvalue weighted by Crippen LogP contribution is -2.27. The smallest absolute Gasteiger partial charge is 0.272 e. The average Bonchev–Trinajstić information content (AvgIpc) is 3.13. The van der Waals surface area contributed by atoms with Crippen molar-refractivity contribution in [2.24, 2.45) is 7.05 Å². The molecule has 2 aromatic rings. The molecule has 0 radical (unpaired) electrons. The quantitative estimate of drug-likeness (QED) is 0.858. The molecule has 0 unspecified atom stereocenters. The SMILES string of the molecule is CCc1nn(C)c(OC)c1CNC(=O)c1n[nH]c2c1C[C@H](C)O[C@@H]2C. The summed E-state index contributed by atoms with van der Waals surface area (Å²) in [6, 6.07) is 0. The number of ether oxygens (including phenoxy) is 2. The van der Waals surface area contributed by atoms with Crippen molar-refractivity contribution in [2.45, 2.75) is 52.4 Å². The predicted molar refractivity (Wildman–Crippen MR) is 91.6 cm³/mol. The number of nitrogens with one attached hydrogen (secondary N) is 2. The first-order chi connectivity index (χ1) is 12.0. The van der Waals surface area contributed by atoms with Gasteiger partial charge in [0.25, 0.3) is 5.91 Å². The molecule has 0 fully saturated rings. The molecule has 2 N–H and O–H groups in total. The number of methoxy groups -OCH3 is 1. The zero-order chi connectivity index (χ0) is 18.1. The Kier molecular flexibility index (Phi) is 4.80. The molecule has 3 heterocycles. The molecule has 25 heavy (non-hydrogen) atoms. The minimum Gasteiger partial charge on any atom is -0.481 e. The van der Waals surface area contributed by atoms with Crippen LogP contribution in [-0.4, -0.2) is 39.1 Å². The highest BCUT2D eigenvalue weighted by molar-refractivity contribution is 5.94. The largest absolute Gasteiger partial charge is 0.481 e. The van der Waals surface area contributed by atoms with Gasteiger partial charge in [-0.15, -0.1) is 0 Å². The summed E-state index contributed by atoms with van der Waals surface area (Å²) in [5.41, 5.74) is 4.08. The molecule has 8 heteroatoms. The standard InChI is InChI=1S/C17H25N5O3/c1-6-13-12(17(24-5)22(4)21-13)8-18-16(23)15-11-7-9(2)25-10(3)14(11)19-20-15/h9-10H,6-8H2,1-5H3,(H,18,23)(H,19,20)/t9-,10+/m0/s1. The van der Waals surface area contributed by atoms with Gasteiger partial charge in [0, 0.05) is 19.0 Å². The molecular weight excluding hydrogens is 322 g/mol. The first-order valence-electron chi connectivity index (χ1n) is 8.55. The molecule has 3 rings (SSSR count). The fraction of sp³-hybridized carbons (Fsp3) is 0.588. The molecular formula is C17H25N5O3. The van der Waals surface area contributed by atoms with E-state index in [1.807, 2.05) is 27.8 Å². The number of nitrogens with zero attached hydrogens (tertiary/aromatic N) is 3. The summed E-state index contributed by atoms with van der Waals surface area (Å²) < 4.78 is 12.9. The van der Waals surface area contributed by atoms with Gasteiger partial charge in [0.1, 0.15) is 0 Å². The monoisotopic (exact) mass is 347 g/mol. The summed E-state index contributed by atoms with van der Waals surface area (Å²) in [4.78, 5) is 12.7. The fourth-order valence-electron chi connectivity index (χ4n) is 3.44. The Hall–Kier alpha value is -2.35. The number of fused-ring (bicyclic) bond motifs is 1. The Labute approximate surface area is 146 Å². The van der Waals surface area contributed by atoms with Crippen LogP contribution >= 0.6 is 0 Å². The summed E-state index contributed by atoms with van der Waals surface area (Å²) in [6.45, 7) is 6.34. The number of aromatic nitrogens is 4. The van der Waals surface area contributed by atoms with Gasteiger partial charge in [-0.3, -0.25) is 9.89 Å². The molecule has 2 aromatic heterocycles. The van der Waals surface area contributed by atoms with E-state index in [1.165, 1.54) is 0 Å². The van der Waals surface area contributed by atoms with Crippen LogP contribution in [0, 0.1) is 0 Å². The highest BCUT2D eigenvalue weighted by atomic mass is 16.5. The average molecular weight is 347 g/mol. The summed E-state index contributed by atoms with van der Waals surface area (Å²) >= 11 is 0. The van der Waals surface area contributed by atoms with Crippen molar-refractivity contribution in [2.75, 3.05) is 7.11 Å². The van der Waals surface area contributed by atoms with E-state index in [-0.39, 0.29) is 18.1 Å². The second kappa shape index (κ2) is 6.87. The minimum absolute atomic E-state index is 0.0664. The van der Waals surface area contributed by atoms with E-state index in [1.54, 1.807) is 11.8 Å². The van der Waals surface area contributed by atoms with E-state index in [0.717, 1.165) is 28.9 Å². The number of amides is 1. The van der Waals surface area contributed by atoms with E-state index in [9.17, 15) is 4.79 Å². The first-order valence-corrected chi connectivity index (χ1v) is 8.55. The van der Waals surface area contributed by atoms with E-state index in [0.29, 0.717) is 24.5 Å². The highest BCUT2D eigenvalue weighted by Crippen LogP contribution is 2.30. The van der Waals surface area contributed by atoms with Crippen molar-refractivity contribution >= 4 is 5.91 Å². The maximum Gasteiger partial charge on any atom is 0.272 e. The number of hydrogen-bond acceptors (Lipinski definition) is 5. The Morgan fingerprint density at radius 2 is 2.24 bits per heavy atom. The molecule has 0 aliphatic carbocycles. The molecule has 1 amide bonds. The Morgan fingerprint density at radius 1 is 1.48 bits per heavy atom. The van der Waals surface area contributed by atoms with Gasteiger partial charge >= 0.3 is 0 Å². The predicted octanol–water partition coefficient (Wildman–Crippen LogP) is 1.67. The van der Waals surface area contributed by atoms with Crippen LogP contribution in [0.2, 0.25) is 0 Å². The van der Waals surface area contributed by atoms with E-state index in [4.69, 9.17) is 9.47 Å². The molecule has 2 atom stereocenters. The zero-order valence-corrected chi connectivity index (χ0v) is 15.3. The van der Waals surface area contributed by atoms with Crippen LogP contribution in [0.15, 0.2) is 0 Å². The molecule has 0 bridgehead atoms. The van der Waals surface area contributed by atoms with Crippen molar-refractivity contribution in [3.63, 3.8) is 0 Å². The Morgan fingerprint density at radius 3 is 2.92 bits per heavy atom. The zero-order valence-electron chi connectivity index (χ0n) is 15.3. The normalized spacial score (nSPS) is 19.6. The topological polar surface area (TPSA) is 94.1 Å².